The SMILES string of the molecule is CCCNc1cccc(C(=O)Nc2nc(C)ns2)n1. The van der Waals surface area contributed by atoms with Gasteiger partial charge in [0.2, 0.25) is 5.13 Å². The van der Waals surface area contributed by atoms with Crippen LogP contribution >= 0.6 is 11.5 Å². The number of aryl methyl sites for hydroxylation is 1. The van der Waals surface area contributed by atoms with Crippen molar-refractivity contribution in [2.75, 3.05) is 17.2 Å². The lowest BCUT2D eigenvalue weighted by Crippen LogP contribution is -2.14. The number of nitrogens with zero attached hydrogens (tertiary/aromatic N) is 3. The van der Waals surface area contributed by atoms with Crippen LogP contribution in [0.1, 0.15) is 29.7 Å². The maximum absolute atomic E-state index is 12.0. The molecular formula is C12H15N5OS. The second-order valence-electron chi connectivity index (χ2n) is 3.94. The Morgan fingerprint density at radius 3 is 2.89 bits per heavy atom. The molecule has 0 aliphatic carbocycles. The predicted molar refractivity (Wildman–Crippen MR) is 75.6 cm³/mol. The van der Waals surface area contributed by atoms with Crippen molar-refractivity contribution in [1.29, 1.82) is 0 Å². The quantitative estimate of drug-likeness (QED) is 0.876. The molecule has 0 spiro atoms. The van der Waals surface area contributed by atoms with Gasteiger partial charge in [0.1, 0.15) is 17.3 Å². The van der Waals surface area contributed by atoms with Crippen LogP contribution in [0.4, 0.5) is 10.9 Å². The van der Waals surface area contributed by atoms with E-state index in [1.807, 2.05) is 6.07 Å². The Balaban J connectivity index is 2.06. The molecule has 0 aliphatic heterocycles. The van der Waals surface area contributed by atoms with Crippen molar-refractivity contribution in [1.82, 2.24) is 14.3 Å². The van der Waals surface area contributed by atoms with Crippen LogP contribution in [0.3, 0.4) is 0 Å². The van der Waals surface area contributed by atoms with E-state index in [4.69, 9.17) is 0 Å². The van der Waals surface area contributed by atoms with Crippen LogP contribution in [-0.4, -0.2) is 26.8 Å². The van der Waals surface area contributed by atoms with Crippen molar-refractivity contribution >= 4 is 28.4 Å². The van der Waals surface area contributed by atoms with Crippen molar-refractivity contribution in [3.05, 3.63) is 29.7 Å². The summed E-state index contributed by atoms with van der Waals surface area (Å²) >= 11 is 1.15. The van der Waals surface area contributed by atoms with Crippen molar-refractivity contribution in [2.45, 2.75) is 20.3 Å². The topological polar surface area (TPSA) is 79.8 Å². The van der Waals surface area contributed by atoms with E-state index in [2.05, 4.69) is 31.9 Å². The van der Waals surface area contributed by atoms with Crippen molar-refractivity contribution < 1.29 is 4.79 Å². The lowest BCUT2D eigenvalue weighted by molar-refractivity contribution is 0.102. The molecule has 0 fully saturated rings. The molecule has 0 saturated heterocycles. The average molecular weight is 277 g/mol. The Kier molecular flexibility index (Phi) is 4.40. The summed E-state index contributed by atoms with van der Waals surface area (Å²) in [4.78, 5) is 20.3. The molecule has 6 nitrogen and oxygen atoms in total. The standard InChI is InChI=1S/C12H15N5OS/c1-3-7-13-10-6-4-5-9(15-10)11(18)16-12-14-8(2)17-19-12/h4-6H,3,7H2,1-2H3,(H,13,15)(H,14,16,17,18). The molecule has 0 aliphatic rings. The fourth-order valence-corrected chi connectivity index (χ4v) is 1.99. The van der Waals surface area contributed by atoms with E-state index in [1.54, 1.807) is 19.1 Å². The van der Waals surface area contributed by atoms with Gasteiger partial charge in [-0.05, 0) is 25.5 Å². The van der Waals surface area contributed by atoms with Gasteiger partial charge in [-0.15, -0.1) is 0 Å². The highest BCUT2D eigenvalue weighted by Gasteiger charge is 2.10. The van der Waals surface area contributed by atoms with Crippen LogP contribution in [0.2, 0.25) is 0 Å². The number of carbonyl (C=O) groups is 1. The molecule has 2 aromatic rings. The highest BCUT2D eigenvalue weighted by molar-refractivity contribution is 7.09. The molecule has 7 heteroatoms. The van der Waals surface area contributed by atoms with E-state index >= 15 is 0 Å². The zero-order valence-electron chi connectivity index (χ0n) is 10.8. The molecule has 0 unspecified atom stereocenters. The molecule has 1 amide bonds. The molecule has 0 bridgehead atoms. The lowest BCUT2D eigenvalue weighted by atomic mass is 10.3. The first-order valence-electron chi connectivity index (χ1n) is 6.01. The van der Waals surface area contributed by atoms with Gasteiger partial charge in [0, 0.05) is 18.1 Å². The molecule has 2 aromatic heterocycles. The largest absolute Gasteiger partial charge is 0.370 e. The van der Waals surface area contributed by atoms with Gasteiger partial charge in [-0.2, -0.15) is 4.37 Å². The van der Waals surface area contributed by atoms with Crippen LogP contribution < -0.4 is 10.6 Å². The summed E-state index contributed by atoms with van der Waals surface area (Å²) in [5.41, 5.74) is 0.356. The van der Waals surface area contributed by atoms with Crippen molar-refractivity contribution in [3.8, 4) is 0 Å². The third-order valence-corrected chi connectivity index (χ3v) is 3.01. The normalized spacial score (nSPS) is 10.2. The van der Waals surface area contributed by atoms with Crippen LogP contribution in [0, 0.1) is 6.92 Å². The third-order valence-electron chi connectivity index (χ3n) is 2.29. The average Bonchev–Trinajstić information content (AvgIpc) is 2.82. The third kappa shape index (κ3) is 3.72. The van der Waals surface area contributed by atoms with Gasteiger partial charge in [-0.3, -0.25) is 10.1 Å². The highest BCUT2D eigenvalue weighted by atomic mass is 32.1. The second-order valence-corrected chi connectivity index (χ2v) is 4.69. The molecule has 2 rings (SSSR count). The Labute approximate surface area is 115 Å². The summed E-state index contributed by atoms with van der Waals surface area (Å²) in [6.45, 7) is 4.68. The van der Waals surface area contributed by atoms with Gasteiger partial charge in [0.15, 0.2) is 0 Å². The maximum atomic E-state index is 12.0. The minimum absolute atomic E-state index is 0.281. The van der Waals surface area contributed by atoms with Crippen LogP contribution in [0.15, 0.2) is 18.2 Å². The summed E-state index contributed by atoms with van der Waals surface area (Å²) in [6, 6.07) is 5.30. The maximum Gasteiger partial charge on any atom is 0.276 e. The minimum atomic E-state index is -0.281. The first kappa shape index (κ1) is 13.4. The Morgan fingerprint density at radius 2 is 2.21 bits per heavy atom. The summed E-state index contributed by atoms with van der Waals surface area (Å²) in [5.74, 6) is 1.06. The van der Waals surface area contributed by atoms with Gasteiger partial charge < -0.3 is 5.32 Å². The highest BCUT2D eigenvalue weighted by Crippen LogP contribution is 2.12. The number of pyridine rings is 1. The van der Waals surface area contributed by atoms with Gasteiger partial charge in [-0.1, -0.05) is 13.0 Å². The van der Waals surface area contributed by atoms with E-state index < -0.39 is 0 Å². The molecule has 2 N–H and O–H groups in total. The molecular weight excluding hydrogens is 262 g/mol. The Bertz CT molecular complexity index is 569. The first-order valence-corrected chi connectivity index (χ1v) is 6.79. The molecule has 0 atom stereocenters. The zero-order valence-corrected chi connectivity index (χ0v) is 11.6. The van der Waals surface area contributed by atoms with E-state index in [0.717, 1.165) is 24.5 Å². The smallest absolute Gasteiger partial charge is 0.276 e. The fourth-order valence-electron chi connectivity index (χ4n) is 1.42. The number of hydrogen-bond acceptors (Lipinski definition) is 6. The van der Waals surface area contributed by atoms with Crippen molar-refractivity contribution in [3.63, 3.8) is 0 Å². The minimum Gasteiger partial charge on any atom is -0.370 e. The van der Waals surface area contributed by atoms with Gasteiger partial charge in [0.05, 0.1) is 0 Å². The van der Waals surface area contributed by atoms with Crippen LogP contribution in [-0.2, 0) is 0 Å². The molecule has 19 heavy (non-hydrogen) atoms. The van der Waals surface area contributed by atoms with Gasteiger partial charge >= 0.3 is 0 Å². The molecule has 0 saturated carbocycles. The number of amides is 1. The Morgan fingerprint density at radius 1 is 1.37 bits per heavy atom. The molecule has 2 heterocycles. The zero-order chi connectivity index (χ0) is 13.7. The molecule has 0 radical (unpaired) electrons. The number of hydrogen-bond donors (Lipinski definition) is 2. The Hall–Kier alpha value is -2.02. The van der Waals surface area contributed by atoms with E-state index in [9.17, 15) is 4.79 Å². The van der Waals surface area contributed by atoms with Gasteiger partial charge in [0.25, 0.3) is 5.91 Å². The van der Waals surface area contributed by atoms with E-state index in [1.165, 1.54) is 0 Å². The van der Waals surface area contributed by atoms with Crippen molar-refractivity contribution in [2.24, 2.45) is 0 Å². The van der Waals surface area contributed by atoms with Gasteiger partial charge in [-0.25, -0.2) is 9.97 Å². The monoisotopic (exact) mass is 277 g/mol. The number of anilines is 2. The molecule has 0 aromatic carbocycles. The van der Waals surface area contributed by atoms with E-state index in [0.29, 0.717) is 22.5 Å². The predicted octanol–water partition coefficient (Wildman–Crippen LogP) is 2.32. The van der Waals surface area contributed by atoms with Crippen LogP contribution in [0.25, 0.3) is 0 Å². The lowest BCUT2D eigenvalue weighted by Gasteiger charge is -2.05. The first-order chi connectivity index (χ1) is 9.19. The molecule has 100 valence electrons. The number of aromatic nitrogens is 3. The summed E-state index contributed by atoms with van der Waals surface area (Å²) in [5, 5.41) is 6.30. The summed E-state index contributed by atoms with van der Waals surface area (Å²) in [6.07, 6.45) is 1.00. The second kappa shape index (κ2) is 6.24. The number of nitrogens with one attached hydrogen (secondary N) is 2. The fraction of sp³-hybridized carbons (Fsp3) is 0.333. The number of rotatable bonds is 5. The summed E-state index contributed by atoms with van der Waals surface area (Å²) in [7, 11) is 0. The van der Waals surface area contributed by atoms with E-state index in [-0.39, 0.29) is 5.91 Å². The van der Waals surface area contributed by atoms with Crippen LogP contribution in [0.5, 0.6) is 0 Å². The number of carbonyl (C=O) groups excluding carboxylic acids is 1. The summed E-state index contributed by atoms with van der Waals surface area (Å²) < 4.78 is 4.00.